The molecule has 0 aliphatic heterocycles. The van der Waals surface area contributed by atoms with E-state index in [-0.39, 0.29) is 5.91 Å². The van der Waals surface area contributed by atoms with Gasteiger partial charge in [-0.2, -0.15) is 0 Å². The Bertz CT molecular complexity index is 1150. The topological polar surface area (TPSA) is 67.8 Å². The van der Waals surface area contributed by atoms with Crippen molar-refractivity contribution in [2.45, 2.75) is 13.8 Å². The summed E-state index contributed by atoms with van der Waals surface area (Å²) in [5, 5.41) is 5.96. The van der Waals surface area contributed by atoms with E-state index in [4.69, 9.17) is 11.6 Å². The van der Waals surface area contributed by atoms with Crippen LogP contribution in [0.4, 0.5) is 5.13 Å². The van der Waals surface area contributed by atoms with Gasteiger partial charge in [0.25, 0.3) is 5.91 Å². The SMILES string of the molecule is Cc1nc2ccc(C(=O)Nc3nc(-c4ccc(Cl)cc4)cs3)cc2nc1C. The highest BCUT2D eigenvalue weighted by molar-refractivity contribution is 7.14. The molecule has 0 atom stereocenters. The second kappa shape index (κ2) is 7.06. The number of nitrogens with one attached hydrogen (secondary N) is 1. The minimum absolute atomic E-state index is 0.228. The van der Waals surface area contributed by atoms with E-state index in [1.807, 2.05) is 49.6 Å². The smallest absolute Gasteiger partial charge is 0.257 e. The molecule has 2 aromatic carbocycles. The molecule has 1 N–H and O–H groups in total. The number of thiazole rings is 1. The lowest BCUT2D eigenvalue weighted by atomic mass is 10.1. The van der Waals surface area contributed by atoms with Gasteiger partial charge in [-0.3, -0.25) is 10.1 Å². The molecular weight excluding hydrogens is 380 g/mol. The Morgan fingerprint density at radius 2 is 1.67 bits per heavy atom. The molecule has 0 unspecified atom stereocenters. The first-order valence-corrected chi connectivity index (χ1v) is 9.53. The Hall–Kier alpha value is -2.83. The fraction of sp³-hybridized carbons (Fsp3) is 0.100. The summed E-state index contributed by atoms with van der Waals surface area (Å²) in [6.45, 7) is 3.82. The Kier molecular flexibility index (Phi) is 4.59. The second-order valence-corrected chi connectivity index (χ2v) is 7.39. The molecule has 4 rings (SSSR count). The van der Waals surface area contributed by atoms with Crippen LogP contribution in [0.15, 0.2) is 47.8 Å². The van der Waals surface area contributed by atoms with Crippen molar-refractivity contribution in [2.24, 2.45) is 0 Å². The molecule has 5 nitrogen and oxygen atoms in total. The maximum absolute atomic E-state index is 12.6. The van der Waals surface area contributed by atoms with Gasteiger partial charge in [0.1, 0.15) is 0 Å². The van der Waals surface area contributed by atoms with E-state index in [2.05, 4.69) is 20.3 Å². The van der Waals surface area contributed by atoms with Crippen LogP contribution in [0.25, 0.3) is 22.3 Å². The summed E-state index contributed by atoms with van der Waals surface area (Å²) in [5.41, 5.74) is 5.47. The number of aryl methyl sites for hydroxylation is 2. The number of benzene rings is 2. The Labute approximate surface area is 165 Å². The Morgan fingerprint density at radius 1 is 0.963 bits per heavy atom. The number of carbonyl (C=O) groups excluding carboxylic acids is 1. The van der Waals surface area contributed by atoms with E-state index >= 15 is 0 Å². The monoisotopic (exact) mass is 394 g/mol. The highest BCUT2D eigenvalue weighted by atomic mass is 35.5. The van der Waals surface area contributed by atoms with Crippen LogP contribution in [0.1, 0.15) is 21.7 Å². The molecule has 0 saturated carbocycles. The lowest BCUT2D eigenvalue weighted by Gasteiger charge is -2.05. The van der Waals surface area contributed by atoms with E-state index in [1.165, 1.54) is 11.3 Å². The van der Waals surface area contributed by atoms with Crippen LogP contribution >= 0.6 is 22.9 Å². The van der Waals surface area contributed by atoms with E-state index < -0.39 is 0 Å². The van der Waals surface area contributed by atoms with Gasteiger partial charge in [-0.1, -0.05) is 23.7 Å². The molecule has 0 saturated heterocycles. The number of hydrogen-bond donors (Lipinski definition) is 1. The number of halogens is 1. The van der Waals surface area contributed by atoms with Gasteiger partial charge in [-0.15, -0.1) is 11.3 Å². The number of fused-ring (bicyclic) bond motifs is 1. The van der Waals surface area contributed by atoms with Crippen molar-refractivity contribution < 1.29 is 4.79 Å². The third kappa shape index (κ3) is 3.67. The molecule has 0 aliphatic rings. The summed E-state index contributed by atoms with van der Waals surface area (Å²) in [6, 6.07) is 12.7. The van der Waals surface area contributed by atoms with Crippen molar-refractivity contribution in [3.63, 3.8) is 0 Å². The van der Waals surface area contributed by atoms with Gasteiger partial charge in [-0.25, -0.2) is 15.0 Å². The molecule has 2 heterocycles. The molecule has 7 heteroatoms. The zero-order valence-electron chi connectivity index (χ0n) is 14.7. The maximum atomic E-state index is 12.6. The predicted molar refractivity (Wildman–Crippen MR) is 110 cm³/mol. The molecule has 4 aromatic rings. The average Bonchev–Trinajstić information content (AvgIpc) is 3.11. The highest BCUT2D eigenvalue weighted by Gasteiger charge is 2.12. The number of anilines is 1. The zero-order valence-corrected chi connectivity index (χ0v) is 16.2. The summed E-state index contributed by atoms with van der Waals surface area (Å²) >= 11 is 7.29. The number of rotatable bonds is 3. The lowest BCUT2D eigenvalue weighted by Crippen LogP contribution is -2.11. The molecular formula is C20H15ClN4OS. The molecule has 0 fully saturated rings. The summed E-state index contributed by atoms with van der Waals surface area (Å²) in [7, 11) is 0. The molecule has 0 spiro atoms. The first-order valence-electron chi connectivity index (χ1n) is 8.27. The summed E-state index contributed by atoms with van der Waals surface area (Å²) in [4.78, 5) is 26.1. The molecule has 27 heavy (non-hydrogen) atoms. The zero-order chi connectivity index (χ0) is 19.0. The fourth-order valence-corrected chi connectivity index (χ4v) is 3.47. The van der Waals surface area contributed by atoms with E-state index in [0.717, 1.165) is 28.2 Å². The van der Waals surface area contributed by atoms with Crippen LogP contribution < -0.4 is 5.32 Å². The first-order chi connectivity index (χ1) is 13.0. The second-order valence-electron chi connectivity index (χ2n) is 6.10. The van der Waals surface area contributed by atoms with Gasteiger partial charge < -0.3 is 0 Å². The largest absolute Gasteiger partial charge is 0.298 e. The van der Waals surface area contributed by atoms with Crippen LogP contribution in [-0.4, -0.2) is 20.9 Å². The summed E-state index contributed by atoms with van der Waals surface area (Å²) in [6.07, 6.45) is 0. The lowest BCUT2D eigenvalue weighted by molar-refractivity contribution is 0.102. The van der Waals surface area contributed by atoms with Gasteiger partial charge in [0, 0.05) is 21.5 Å². The number of aromatic nitrogens is 3. The third-order valence-corrected chi connectivity index (χ3v) is 5.21. The average molecular weight is 395 g/mol. The van der Waals surface area contributed by atoms with Gasteiger partial charge in [0.05, 0.1) is 28.1 Å². The van der Waals surface area contributed by atoms with Crippen LogP contribution in [0.2, 0.25) is 5.02 Å². The fourth-order valence-electron chi connectivity index (χ4n) is 2.63. The van der Waals surface area contributed by atoms with Crippen molar-refractivity contribution >= 4 is 45.0 Å². The molecule has 1 amide bonds. The quantitative estimate of drug-likeness (QED) is 0.513. The highest BCUT2D eigenvalue weighted by Crippen LogP contribution is 2.26. The van der Waals surface area contributed by atoms with Crippen LogP contribution in [0.3, 0.4) is 0 Å². The van der Waals surface area contributed by atoms with Crippen LogP contribution in [-0.2, 0) is 0 Å². The first kappa shape index (κ1) is 17.6. The van der Waals surface area contributed by atoms with E-state index in [0.29, 0.717) is 21.2 Å². The minimum Gasteiger partial charge on any atom is -0.298 e. The number of hydrogen-bond acceptors (Lipinski definition) is 5. The van der Waals surface area contributed by atoms with E-state index in [1.54, 1.807) is 12.1 Å². The summed E-state index contributed by atoms with van der Waals surface area (Å²) < 4.78 is 0. The normalized spacial score (nSPS) is 10.9. The number of amides is 1. The molecule has 0 radical (unpaired) electrons. The van der Waals surface area contributed by atoms with Gasteiger partial charge in [-0.05, 0) is 44.2 Å². The summed E-state index contributed by atoms with van der Waals surface area (Å²) in [5.74, 6) is -0.228. The van der Waals surface area contributed by atoms with Crippen molar-refractivity contribution in [3.05, 3.63) is 69.8 Å². The number of carbonyl (C=O) groups is 1. The Morgan fingerprint density at radius 3 is 2.41 bits per heavy atom. The molecule has 0 aliphatic carbocycles. The van der Waals surface area contributed by atoms with Crippen molar-refractivity contribution in [2.75, 3.05) is 5.32 Å². The minimum atomic E-state index is -0.228. The molecule has 2 aromatic heterocycles. The van der Waals surface area contributed by atoms with Gasteiger partial charge >= 0.3 is 0 Å². The molecule has 0 bridgehead atoms. The van der Waals surface area contributed by atoms with Crippen LogP contribution in [0, 0.1) is 13.8 Å². The van der Waals surface area contributed by atoms with Gasteiger partial charge in [0.2, 0.25) is 0 Å². The standard InChI is InChI=1S/C20H15ClN4OS/c1-11-12(2)23-17-9-14(5-8-16(17)22-11)19(26)25-20-24-18(10-27-20)13-3-6-15(21)7-4-13/h3-10H,1-2H3,(H,24,25,26). The Balaban J connectivity index is 1.56. The van der Waals surface area contributed by atoms with Crippen LogP contribution in [0.5, 0.6) is 0 Å². The molecule has 134 valence electrons. The maximum Gasteiger partial charge on any atom is 0.257 e. The van der Waals surface area contributed by atoms with Gasteiger partial charge in [0.15, 0.2) is 5.13 Å². The third-order valence-electron chi connectivity index (χ3n) is 4.20. The van der Waals surface area contributed by atoms with Crippen molar-refractivity contribution in [3.8, 4) is 11.3 Å². The van der Waals surface area contributed by atoms with Crippen molar-refractivity contribution in [1.82, 2.24) is 15.0 Å². The number of nitrogens with zero attached hydrogens (tertiary/aromatic N) is 3. The predicted octanol–water partition coefficient (Wildman–Crippen LogP) is 5.28. The van der Waals surface area contributed by atoms with Crippen molar-refractivity contribution in [1.29, 1.82) is 0 Å². The van der Waals surface area contributed by atoms with E-state index in [9.17, 15) is 4.79 Å².